The van der Waals surface area contributed by atoms with Crippen molar-refractivity contribution in [3.8, 4) is 0 Å². The molecule has 0 aliphatic rings. The SMILES string of the molecule is CCCC(=O)C(O)C(=O)CCC. The smallest absolute Gasteiger partial charge is 0.170 e. The lowest BCUT2D eigenvalue weighted by atomic mass is 10.0. The van der Waals surface area contributed by atoms with Crippen molar-refractivity contribution in [1.29, 1.82) is 0 Å². The van der Waals surface area contributed by atoms with Gasteiger partial charge in [0.1, 0.15) is 0 Å². The molecule has 0 unspecified atom stereocenters. The monoisotopic (exact) mass is 172 g/mol. The second-order valence-corrected chi connectivity index (χ2v) is 2.84. The molecule has 3 heteroatoms. The van der Waals surface area contributed by atoms with Crippen molar-refractivity contribution in [3.63, 3.8) is 0 Å². The second kappa shape index (κ2) is 5.89. The zero-order valence-corrected chi connectivity index (χ0v) is 7.67. The average Bonchev–Trinajstić information content (AvgIpc) is 2.04. The molecule has 0 aliphatic carbocycles. The standard InChI is InChI=1S/C9H16O3/c1-3-5-7(10)9(12)8(11)6-4-2/h9,12H,3-6H2,1-2H3. The first-order valence-electron chi connectivity index (χ1n) is 4.37. The third kappa shape index (κ3) is 3.62. The highest BCUT2D eigenvalue weighted by molar-refractivity contribution is 6.04. The first-order valence-corrected chi connectivity index (χ1v) is 4.37. The minimum Gasteiger partial charge on any atom is -0.378 e. The highest BCUT2D eigenvalue weighted by Crippen LogP contribution is 2.01. The van der Waals surface area contributed by atoms with Crippen LogP contribution in [0.5, 0.6) is 0 Å². The summed E-state index contributed by atoms with van der Waals surface area (Å²) < 4.78 is 0. The maximum Gasteiger partial charge on any atom is 0.170 e. The number of Topliss-reactive ketones (excluding diaryl/α,β-unsaturated/α-hetero) is 2. The minimum atomic E-state index is -1.37. The zero-order chi connectivity index (χ0) is 9.56. The predicted octanol–water partition coefficient (Wildman–Crippen LogP) is 1.09. The van der Waals surface area contributed by atoms with E-state index in [9.17, 15) is 9.59 Å². The Balaban J connectivity index is 3.91. The molecule has 0 saturated carbocycles. The van der Waals surface area contributed by atoms with Gasteiger partial charge in [0.2, 0.25) is 0 Å². The summed E-state index contributed by atoms with van der Waals surface area (Å²) in [5, 5.41) is 9.15. The van der Waals surface area contributed by atoms with Crippen LogP contribution >= 0.6 is 0 Å². The van der Waals surface area contributed by atoms with E-state index in [2.05, 4.69) is 0 Å². The molecule has 0 aromatic heterocycles. The van der Waals surface area contributed by atoms with Gasteiger partial charge in [0.15, 0.2) is 17.7 Å². The van der Waals surface area contributed by atoms with Crippen molar-refractivity contribution in [3.05, 3.63) is 0 Å². The van der Waals surface area contributed by atoms with Crippen molar-refractivity contribution >= 4 is 11.6 Å². The number of rotatable bonds is 6. The number of hydrogen-bond donors (Lipinski definition) is 1. The van der Waals surface area contributed by atoms with Crippen LogP contribution in [0.1, 0.15) is 39.5 Å². The van der Waals surface area contributed by atoms with Gasteiger partial charge in [-0.1, -0.05) is 13.8 Å². The van der Waals surface area contributed by atoms with Gasteiger partial charge < -0.3 is 5.11 Å². The summed E-state index contributed by atoms with van der Waals surface area (Å²) in [4.78, 5) is 22.0. The van der Waals surface area contributed by atoms with Crippen LogP contribution in [-0.4, -0.2) is 22.8 Å². The van der Waals surface area contributed by atoms with Crippen LogP contribution in [0.25, 0.3) is 0 Å². The molecule has 0 rings (SSSR count). The van der Waals surface area contributed by atoms with E-state index in [-0.39, 0.29) is 24.4 Å². The van der Waals surface area contributed by atoms with Crippen LogP contribution < -0.4 is 0 Å². The lowest BCUT2D eigenvalue weighted by Gasteiger charge is -2.05. The molecule has 0 aliphatic heterocycles. The zero-order valence-electron chi connectivity index (χ0n) is 7.67. The Kier molecular flexibility index (Phi) is 5.54. The molecule has 12 heavy (non-hydrogen) atoms. The highest BCUT2D eigenvalue weighted by Gasteiger charge is 2.20. The number of carbonyl (C=O) groups excluding carboxylic acids is 2. The summed E-state index contributed by atoms with van der Waals surface area (Å²) in [5.41, 5.74) is 0. The van der Waals surface area contributed by atoms with E-state index in [1.54, 1.807) is 0 Å². The molecule has 0 bridgehead atoms. The van der Waals surface area contributed by atoms with Crippen molar-refractivity contribution < 1.29 is 14.7 Å². The molecule has 70 valence electrons. The van der Waals surface area contributed by atoms with Crippen molar-refractivity contribution in [2.45, 2.75) is 45.6 Å². The normalized spacial score (nSPS) is 10.3. The first-order chi connectivity index (χ1) is 5.63. The predicted molar refractivity (Wildman–Crippen MR) is 45.8 cm³/mol. The van der Waals surface area contributed by atoms with E-state index in [1.807, 2.05) is 13.8 Å². The number of aliphatic hydroxyl groups is 1. The number of hydrogen-bond acceptors (Lipinski definition) is 3. The van der Waals surface area contributed by atoms with E-state index in [1.165, 1.54) is 0 Å². The van der Waals surface area contributed by atoms with Gasteiger partial charge in [-0.15, -0.1) is 0 Å². The molecule has 0 saturated heterocycles. The van der Waals surface area contributed by atoms with Gasteiger partial charge in [0, 0.05) is 12.8 Å². The van der Waals surface area contributed by atoms with Crippen LogP contribution in [0.15, 0.2) is 0 Å². The van der Waals surface area contributed by atoms with Gasteiger partial charge in [0.25, 0.3) is 0 Å². The first kappa shape index (κ1) is 11.3. The van der Waals surface area contributed by atoms with Crippen molar-refractivity contribution in [2.24, 2.45) is 0 Å². The van der Waals surface area contributed by atoms with Crippen molar-refractivity contribution in [1.82, 2.24) is 0 Å². The molecule has 0 atom stereocenters. The highest BCUT2D eigenvalue weighted by atomic mass is 16.3. The minimum absolute atomic E-state index is 0.288. The van der Waals surface area contributed by atoms with Gasteiger partial charge in [0.05, 0.1) is 0 Å². The number of ketones is 2. The van der Waals surface area contributed by atoms with Gasteiger partial charge in [-0.05, 0) is 12.8 Å². The molecule has 3 nitrogen and oxygen atoms in total. The maximum atomic E-state index is 11.0. The molecule has 0 amide bonds. The van der Waals surface area contributed by atoms with Crippen LogP contribution in [0, 0.1) is 0 Å². The molecular formula is C9H16O3. The third-order valence-electron chi connectivity index (χ3n) is 1.60. The number of carbonyl (C=O) groups is 2. The third-order valence-corrected chi connectivity index (χ3v) is 1.60. The summed E-state index contributed by atoms with van der Waals surface area (Å²) in [7, 11) is 0. The Bertz CT molecular complexity index is 145. The Morgan fingerprint density at radius 2 is 1.42 bits per heavy atom. The lowest BCUT2D eigenvalue weighted by molar-refractivity contribution is -0.138. The van der Waals surface area contributed by atoms with Crippen molar-refractivity contribution in [2.75, 3.05) is 0 Å². The van der Waals surface area contributed by atoms with E-state index in [4.69, 9.17) is 5.11 Å². The molecule has 0 spiro atoms. The Labute approximate surface area is 72.8 Å². The van der Waals surface area contributed by atoms with Gasteiger partial charge >= 0.3 is 0 Å². The molecular weight excluding hydrogens is 156 g/mol. The fraction of sp³-hybridized carbons (Fsp3) is 0.778. The maximum absolute atomic E-state index is 11.0. The van der Waals surface area contributed by atoms with E-state index in [0.717, 1.165) is 0 Å². The fourth-order valence-corrected chi connectivity index (χ4v) is 0.946. The van der Waals surface area contributed by atoms with Gasteiger partial charge in [-0.3, -0.25) is 9.59 Å². The van der Waals surface area contributed by atoms with Crippen LogP contribution in [0.3, 0.4) is 0 Å². The summed E-state index contributed by atoms with van der Waals surface area (Å²) in [6.07, 6.45) is 0.558. The van der Waals surface area contributed by atoms with E-state index < -0.39 is 6.10 Å². The lowest BCUT2D eigenvalue weighted by Crippen LogP contribution is -2.29. The van der Waals surface area contributed by atoms with Gasteiger partial charge in [-0.2, -0.15) is 0 Å². The summed E-state index contributed by atoms with van der Waals surface area (Å²) >= 11 is 0. The molecule has 0 fully saturated rings. The Morgan fingerprint density at radius 1 is 1.08 bits per heavy atom. The quantitative estimate of drug-likeness (QED) is 0.610. The van der Waals surface area contributed by atoms with Crippen LogP contribution in [0.4, 0.5) is 0 Å². The molecule has 1 N–H and O–H groups in total. The largest absolute Gasteiger partial charge is 0.378 e. The Morgan fingerprint density at radius 3 is 1.67 bits per heavy atom. The van der Waals surface area contributed by atoms with Gasteiger partial charge in [-0.25, -0.2) is 0 Å². The molecule has 0 heterocycles. The second-order valence-electron chi connectivity index (χ2n) is 2.84. The molecule has 0 aromatic carbocycles. The summed E-state index contributed by atoms with van der Waals surface area (Å²) in [6.45, 7) is 3.68. The van der Waals surface area contributed by atoms with Crippen LogP contribution in [0.2, 0.25) is 0 Å². The van der Waals surface area contributed by atoms with E-state index in [0.29, 0.717) is 12.8 Å². The number of aliphatic hydroxyl groups excluding tert-OH is 1. The van der Waals surface area contributed by atoms with E-state index >= 15 is 0 Å². The molecule has 0 radical (unpaired) electrons. The van der Waals surface area contributed by atoms with Crippen LogP contribution in [-0.2, 0) is 9.59 Å². The summed E-state index contributed by atoms with van der Waals surface area (Å²) in [5.74, 6) is -0.702. The topological polar surface area (TPSA) is 54.4 Å². The summed E-state index contributed by atoms with van der Waals surface area (Å²) in [6, 6.07) is 0. The fourth-order valence-electron chi connectivity index (χ4n) is 0.946. The molecule has 0 aromatic rings. The average molecular weight is 172 g/mol. The Hall–Kier alpha value is -0.700.